The van der Waals surface area contributed by atoms with Crippen molar-refractivity contribution in [3.8, 4) is 0 Å². The van der Waals surface area contributed by atoms with E-state index in [0.29, 0.717) is 0 Å². The molecule has 6 heteroatoms. The Morgan fingerprint density at radius 2 is 2.00 bits per heavy atom. The number of benzene rings is 1. The second-order valence-electron chi connectivity index (χ2n) is 2.81. The molecular weight excluding hydrogens is 207 g/mol. The second-order valence-corrected chi connectivity index (χ2v) is 2.81. The van der Waals surface area contributed by atoms with Crippen LogP contribution in [0.2, 0.25) is 0 Å². The van der Waals surface area contributed by atoms with Crippen LogP contribution in [0, 0.1) is 5.41 Å². The lowest BCUT2D eigenvalue weighted by Crippen LogP contribution is -2.08. The third kappa shape index (κ3) is 2.34. The van der Waals surface area contributed by atoms with Crippen molar-refractivity contribution >= 4 is 18.2 Å². The van der Waals surface area contributed by atoms with Gasteiger partial charge in [0.05, 0.1) is 5.56 Å². The lowest BCUT2D eigenvalue weighted by molar-refractivity contribution is -0.137. The van der Waals surface area contributed by atoms with Crippen LogP contribution in [0.25, 0.3) is 0 Å². The van der Waals surface area contributed by atoms with E-state index in [0.717, 1.165) is 18.2 Å². The third-order valence-corrected chi connectivity index (χ3v) is 1.79. The van der Waals surface area contributed by atoms with Crippen LogP contribution >= 0.6 is 0 Å². The summed E-state index contributed by atoms with van der Waals surface area (Å²) in [5, 5.41) is 7.24. The van der Waals surface area contributed by atoms with Crippen molar-refractivity contribution in [3.05, 3.63) is 29.3 Å². The van der Waals surface area contributed by atoms with Crippen LogP contribution in [-0.4, -0.2) is 12.6 Å². The van der Waals surface area contributed by atoms with Gasteiger partial charge in [0.25, 0.3) is 0 Å². The van der Waals surface area contributed by atoms with E-state index in [1.54, 1.807) is 0 Å². The van der Waals surface area contributed by atoms with Crippen LogP contribution in [0.4, 0.5) is 18.9 Å². The molecule has 0 spiro atoms. The maximum Gasteiger partial charge on any atom is 0.416 e. The second kappa shape index (κ2) is 3.72. The fourth-order valence-corrected chi connectivity index (χ4v) is 1.02. The van der Waals surface area contributed by atoms with Crippen LogP contribution in [-0.2, 0) is 6.18 Å². The van der Waals surface area contributed by atoms with Gasteiger partial charge in [0, 0.05) is 11.3 Å². The molecule has 0 heterocycles. The van der Waals surface area contributed by atoms with Gasteiger partial charge in [0.2, 0.25) is 0 Å². The number of hydrogen-bond acceptors (Lipinski definition) is 2. The number of nitrogens with one attached hydrogen (secondary N) is 1. The number of alkyl halides is 3. The van der Waals surface area contributed by atoms with Crippen LogP contribution in [0.1, 0.15) is 11.1 Å². The normalized spacial score (nSPS) is 11.1. The van der Waals surface area contributed by atoms with E-state index in [1.165, 1.54) is 0 Å². The average Bonchev–Trinajstić information content (AvgIpc) is 2.15. The van der Waals surface area contributed by atoms with E-state index in [9.17, 15) is 13.2 Å². The van der Waals surface area contributed by atoms with Gasteiger partial charge >= 0.3 is 6.18 Å². The molecule has 0 saturated heterocycles. The van der Waals surface area contributed by atoms with Gasteiger partial charge < -0.3 is 5.73 Å². The number of nitrogens with zero attached hydrogens (tertiary/aromatic N) is 1. The molecule has 0 amide bonds. The molecule has 0 aliphatic rings. The summed E-state index contributed by atoms with van der Waals surface area (Å²) in [5.41, 5.74) is 4.55. The first kappa shape index (κ1) is 11.2. The fraction of sp³-hybridized carbons (Fsp3) is 0.111. The number of nitrogens with two attached hydrogens (primary N) is 1. The van der Waals surface area contributed by atoms with Gasteiger partial charge in [-0.05, 0) is 24.9 Å². The molecule has 0 atom stereocenters. The topological polar surface area (TPSA) is 62.2 Å². The van der Waals surface area contributed by atoms with Crippen molar-refractivity contribution in [1.82, 2.24) is 0 Å². The van der Waals surface area contributed by atoms with Crippen molar-refractivity contribution in [2.24, 2.45) is 4.99 Å². The zero-order valence-corrected chi connectivity index (χ0v) is 7.60. The lowest BCUT2D eigenvalue weighted by atomic mass is 10.1. The number of rotatable bonds is 1. The van der Waals surface area contributed by atoms with Crippen molar-refractivity contribution in [2.75, 3.05) is 5.73 Å². The Kier molecular flexibility index (Phi) is 2.78. The molecule has 80 valence electrons. The lowest BCUT2D eigenvalue weighted by Gasteiger charge is -2.09. The summed E-state index contributed by atoms with van der Waals surface area (Å²) in [7, 11) is 0. The number of aliphatic imine (C=N–C) groups is 1. The summed E-state index contributed by atoms with van der Waals surface area (Å²) in [6.45, 7) is 3.06. The largest absolute Gasteiger partial charge is 0.416 e. The number of halogens is 3. The molecule has 0 fully saturated rings. The molecule has 0 radical (unpaired) electrons. The first-order chi connectivity index (χ1) is 6.86. The molecule has 1 rings (SSSR count). The van der Waals surface area contributed by atoms with Gasteiger partial charge in [0.15, 0.2) is 5.84 Å². The van der Waals surface area contributed by atoms with Crippen LogP contribution in [0.3, 0.4) is 0 Å². The molecule has 0 bridgehead atoms. The summed E-state index contributed by atoms with van der Waals surface area (Å²) in [4.78, 5) is 3.23. The minimum Gasteiger partial charge on any atom is -0.398 e. The molecule has 0 aliphatic carbocycles. The van der Waals surface area contributed by atoms with Gasteiger partial charge in [0.1, 0.15) is 0 Å². The zero-order chi connectivity index (χ0) is 11.6. The summed E-state index contributed by atoms with van der Waals surface area (Å²) in [5.74, 6) is -0.376. The maximum atomic E-state index is 12.3. The number of amidine groups is 1. The summed E-state index contributed by atoms with van der Waals surface area (Å²) in [6.07, 6.45) is -4.45. The Morgan fingerprint density at radius 1 is 1.40 bits per heavy atom. The van der Waals surface area contributed by atoms with Crippen molar-refractivity contribution < 1.29 is 13.2 Å². The highest BCUT2D eigenvalue weighted by Crippen LogP contribution is 2.31. The first-order valence-corrected chi connectivity index (χ1v) is 3.88. The average molecular weight is 215 g/mol. The molecule has 15 heavy (non-hydrogen) atoms. The van der Waals surface area contributed by atoms with E-state index in [2.05, 4.69) is 11.7 Å². The Hall–Kier alpha value is -1.85. The molecule has 3 N–H and O–H groups in total. The highest BCUT2D eigenvalue weighted by molar-refractivity contribution is 6.03. The SMILES string of the molecule is C=NC(=N)c1cc(C(F)(F)F)ccc1N. The van der Waals surface area contributed by atoms with E-state index >= 15 is 0 Å². The van der Waals surface area contributed by atoms with Gasteiger partial charge in [-0.15, -0.1) is 0 Å². The molecule has 0 saturated carbocycles. The molecule has 1 aromatic rings. The quantitative estimate of drug-likeness (QED) is 0.421. The smallest absolute Gasteiger partial charge is 0.398 e. The van der Waals surface area contributed by atoms with E-state index < -0.39 is 11.7 Å². The van der Waals surface area contributed by atoms with Gasteiger partial charge in [-0.1, -0.05) is 0 Å². The number of anilines is 1. The highest BCUT2D eigenvalue weighted by atomic mass is 19.4. The number of nitrogen functional groups attached to an aromatic ring is 1. The maximum absolute atomic E-state index is 12.3. The van der Waals surface area contributed by atoms with Crippen LogP contribution in [0.5, 0.6) is 0 Å². The van der Waals surface area contributed by atoms with Crippen molar-refractivity contribution in [1.29, 1.82) is 5.41 Å². The first-order valence-electron chi connectivity index (χ1n) is 3.88. The van der Waals surface area contributed by atoms with Gasteiger partial charge in [-0.25, -0.2) is 4.99 Å². The van der Waals surface area contributed by atoms with E-state index in [4.69, 9.17) is 11.1 Å². The Balaban J connectivity index is 3.29. The van der Waals surface area contributed by atoms with Crippen molar-refractivity contribution in [3.63, 3.8) is 0 Å². The molecule has 1 aromatic carbocycles. The summed E-state index contributed by atoms with van der Waals surface area (Å²) < 4.78 is 36.9. The van der Waals surface area contributed by atoms with E-state index in [-0.39, 0.29) is 17.1 Å². The Bertz CT molecular complexity index is 410. The molecule has 0 aliphatic heterocycles. The number of hydrogen-bond donors (Lipinski definition) is 2. The zero-order valence-electron chi connectivity index (χ0n) is 7.60. The third-order valence-electron chi connectivity index (χ3n) is 1.79. The predicted octanol–water partition coefficient (Wildman–Crippen LogP) is 2.31. The fourth-order valence-electron chi connectivity index (χ4n) is 1.02. The molecule has 0 unspecified atom stereocenters. The van der Waals surface area contributed by atoms with Gasteiger partial charge in [-0.2, -0.15) is 13.2 Å². The summed E-state index contributed by atoms with van der Waals surface area (Å²) >= 11 is 0. The van der Waals surface area contributed by atoms with Crippen LogP contribution in [0.15, 0.2) is 23.2 Å². The Labute approximate surface area is 83.9 Å². The Morgan fingerprint density at radius 3 is 2.47 bits per heavy atom. The predicted molar refractivity (Wildman–Crippen MR) is 52.2 cm³/mol. The van der Waals surface area contributed by atoms with Crippen molar-refractivity contribution in [2.45, 2.75) is 6.18 Å². The minimum absolute atomic E-state index is 0.0696. The molecular formula is C9H8F3N3. The van der Waals surface area contributed by atoms with Gasteiger partial charge in [-0.3, -0.25) is 5.41 Å². The van der Waals surface area contributed by atoms with Crippen LogP contribution < -0.4 is 5.73 Å². The van der Waals surface area contributed by atoms with E-state index in [1.807, 2.05) is 0 Å². The summed E-state index contributed by atoms with van der Waals surface area (Å²) in [6, 6.07) is 2.74. The standard InChI is InChI=1S/C9H8F3N3/c1-15-8(14)6-4-5(9(10,11)12)2-3-7(6)13/h2-4,14H,1,13H2. The molecule has 0 aromatic heterocycles. The molecule has 3 nitrogen and oxygen atoms in total. The minimum atomic E-state index is -4.45. The highest BCUT2D eigenvalue weighted by Gasteiger charge is 2.31. The monoisotopic (exact) mass is 215 g/mol.